The van der Waals surface area contributed by atoms with Gasteiger partial charge in [-0.15, -0.1) is 0 Å². The number of benzene rings is 1. The van der Waals surface area contributed by atoms with Crippen molar-refractivity contribution in [3.63, 3.8) is 0 Å². The molecule has 2 aromatic rings. The van der Waals surface area contributed by atoms with Crippen LogP contribution in [0.4, 0.5) is 5.13 Å². The Labute approximate surface area is 196 Å². The minimum atomic E-state index is -3.59. The molecular weight excluding hydrogens is 442 g/mol. The van der Waals surface area contributed by atoms with E-state index in [0.717, 1.165) is 11.1 Å². The van der Waals surface area contributed by atoms with Crippen molar-refractivity contribution < 1.29 is 13.2 Å². The summed E-state index contributed by atoms with van der Waals surface area (Å²) in [6.45, 7) is 9.08. The van der Waals surface area contributed by atoms with Gasteiger partial charge in [-0.05, 0) is 42.4 Å². The van der Waals surface area contributed by atoms with E-state index in [2.05, 4.69) is 10.3 Å². The number of fused-ring (bicyclic) bond motifs is 1. The van der Waals surface area contributed by atoms with Crippen molar-refractivity contribution in [2.24, 2.45) is 17.8 Å². The first-order valence-electron chi connectivity index (χ1n) is 11.9. The molecule has 0 radical (unpaired) electrons. The number of carbonyl (C=O) groups excluding carboxylic acids is 1. The summed E-state index contributed by atoms with van der Waals surface area (Å²) in [5.41, 5.74) is 0.704. The summed E-state index contributed by atoms with van der Waals surface area (Å²) in [4.78, 5) is 17.2. The van der Waals surface area contributed by atoms with Gasteiger partial charge in [0.05, 0.1) is 15.1 Å². The molecule has 8 heteroatoms. The van der Waals surface area contributed by atoms with E-state index in [1.807, 2.05) is 27.7 Å². The van der Waals surface area contributed by atoms with Crippen LogP contribution in [0.2, 0.25) is 0 Å². The van der Waals surface area contributed by atoms with Gasteiger partial charge in [-0.25, -0.2) is 13.4 Å². The smallest absolute Gasteiger partial charge is 0.243 e. The number of rotatable bonds is 10. The third kappa shape index (κ3) is 6.75. The highest BCUT2D eigenvalue weighted by atomic mass is 32.2. The molecule has 3 rings (SSSR count). The van der Waals surface area contributed by atoms with Crippen LogP contribution in [0.1, 0.15) is 72.6 Å². The quantitative estimate of drug-likeness (QED) is 0.460. The molecule has 1 heterocycles. The summed E-state index contributed by atoms with van der Waals surface area (Å²) in [6.07, 6.45) is 7.79. The number of carbonyl (C=O) groups is 1. The van der Waals surface area contributed by atoms with Crippen LogP contribution < -0.4 is 5.32 Å². The van der Waals surface area contributed by atoms with Crippen LogP contribution in [0, 0.1) is 17.8 Å². The van der Waals surface area contributed by atoms with Crippen molar-refractivity contribution in [2.45, 2.75) is 77.5 Å². The van der Waals surface area contributed by atoms with Crippen molar-refractivity contribution in [3.05, 3.63) is 18.2 Å². The van der Waals surface area contributed by atoms with Gasteiger partial charge in [0.2, 0.25) is 15.9 Å². The number of anilines is 1. The van der Waals surface area contributed by atoms with Gasteiger partial charge >= 0.3 is 0 Å². The van der Waals surface area contributed by atoms with Crippen LogP contribution in [0.5, 0.6) is 0 Å². The number of amides is 1. The van der Waals surface area contributed by atoms with E-state index in [1.165, 1.54) is 43.4 Å². The molecule has 0 aliphatic heterocycles. The maximum Gasteiger partial charge on any atom is 0.243 e. The van der Waals surface area contributed by atoms with Crippen LogP contribution in [-0.4, -0.2) is 36.7 Å². The number of hydrogen-bond donors (Lipinski definition) is 1. The third-order valence-electron chi connectivity index (χ3n) is 5.89. The monoisotopic (exact) mass is 479 g/mol. The Kier molecular flexibility index (Phi) is 8.69. The first-order chi connectivity index (χ1) is 15.1. The van der Waals surface area contributed by atoms with Crippen LogP contribution >= 0.6 is 11.3 Å². The van der Waals surface area contributed by atoms with Crippen molar-refractivity contribution in [3.8, 4) is 0 Å². The highest BCUT2D eigenvalue weighted by molar-refractivity contribution is 7.89. The Bertz CT molecular complexity index is 999. The zero-order chi connectivity index (χ0) is 23.3. The van der Waals surface area contributed by atoms with E-state index >= 15 is 0 Å². The summed E-state index contributed by atoms with van der Waals surface area (Å²) in [6, 6.07) is 5.05. The fourth-order valence-electron chi connectivity index (χ4n) is 4.35. The van der Waals surface area contributed by atoms with Crippen LogP contribution in [0.25, 0.3) is 10.2 Å². The number of hydrogen-bond acceptors (Lipinski definition) is 5. The van der Waals surface area contributed by atoms with Gasteiger partial charge in [-0.3, -0.25) is 4.79 Å². The van der Waals surface area contributed by atoms with Crippen molar-refractivity contribution >= 4 is 42.6 Å². The molecule has 6 nitrogen and oxygen atoms in total. The molecule has 0 spiro atoms. The molecule has 1 aromatic heterocycles. The highest BCUT2D eigenvalue weighted by Gasteiger charge is 2.26. The maximum absolute atomic E-state index is 13.3. The van der Waals surface area contributed by atoms with Gasteiger partial charge in [0, 0.05) is 19.5 Å². The van der Waals surface area contributed by atoms with Crippen LogP contribution in [0.3, 0.4) is 0 Å². The lowest BCUT2D eigenvalue weighted by Crippen LogP contribution is -2.37. The summed E-state index contributed by atoms with van der Waals surface area (Å²) < 4.78 is 29.0. The molecular formula is C24H37N3O3S2. The molecule has 0 unspecified atom stereocenters. The van der Waals surface area contributed by atoms with Gasteiger partial charge in [0.15, 0.2) is 5.13 Å². The number of nitrogens with one attached hydrogen (secondary N) is 1. The lowest BCUT2D eigenvalue weighted by atomic mass is 9.86. The van der Waals surface area contributed by atoms with E-state index in [0.29, 0.717) is 36.1 Å². The Morgan fingerprint density at radius 3 is 2.41 bits per heavy atom. The van der Waals surface area contributed by atoms with Gasteiger partial charge in [-0.2, -0.15) is 4.31 Å². The first-order valence-corrected chi connectivity index (χ1v) is 14.1. The Hall–Kier alpha value is -1.51. The fraction of sp³-hybridized carbons (Fsp3) is 0.667. The predicted octanol–water partition coefficient (Wildman–Crippen LogP) is 5.90. The van der Waals surface area contributed by atoms with E-state index in [-0.39, 0.29) is 22.6 Å². The minimum Gasteiger partial charge on any atom is -0.302 e. The van der Waals surface area contributed by atoms with Crippen LogP contribution in [0.15, 0.2) is 23.1 Å². The fourth-order valence-corrected chi connectivity index (χ4v) is 7.14. The van der Waals surface area contributed by atoms with Gasteiger partial charge in [0.1, 0.15) is 0 Å². The molecule has 1 aliphatic carbocycles. The molecule has 178 valence electrons. The van der Waals surface area contributed by atoms with Crippen molar-refractivity contribution in [2.75, 3.05) is 18.4 Å². The molecule has 0 saturated heterocycles. The largest absolute Gasteiger partial charge is 0.302 e. The molecule has 32 heavy (non-hydrogen) atoms. The predicted molar refractivity (Wildman–Crippen MR) is 132 cm³/mol. The van der Waals surface area contributed by atoms with Gasteiger partial charge < -0.3 is 5.32 Å². The average molecular weight is 480 g/mol. The Morgan fingerprint density at radius 1 is 1.12 bits per heavy atom. The summed E-state index contributed by atoms with van der Waals surface area (Å²) in [5.74, 6) is 1.14. The van der Waals surface area contributed by atoms with E-state index < -0.39 is 10.0 Å². The number of thiazole rings is 1. The summed E-state index contributed by atoms with van der Waals surface area (Å²) >= 11 is 1.33. The molecule has 1 aromatic carbocycles. The minimum absolute atomic E-state index is 0.0116. The zero-order valence-corrected chi connectivity index (χ0v) is 21.4. The molecule has 1 saturated carbocycles. The van der Waals surface area contributed by atoms with Gasteiger partial charge in [-0.1, -0.05) is 71.1 Å². The molecule has 0 atom stereocenters. The first kappa shape index (κ1) is 25.1. The SMILES string of the molecule is CC(C)CN(CC(C)C)S(=O)(=O)c1ccc2nc(NC(=O)CCC3CCCCC3)sc2c1. The second kappa shape index (κ2) is 11.1. The molecule has 1 fully saturated rings. The van der Waals surface area contributed by atoms with Crippen molar-refractivity contribution in [1.82, 2.24) is 9.29 Å². The Balaban J connectivity index is 1.71. The zero-order valence-electron chi connectivity index (χ0n) is 19.8. The summed E-state index contributed by atoms with van der Waals surface area (Å²) in [7, 11) is -3.59. The number of nitrogens with zero attached hydrogens (tertiary/aromatic N) is 2. The normalized spacial score (nSPS) is 15.8. The second-order valence-corrected chi connectivity index (χ2v) is 12.8. The molecule has 1 N–H and O–H groups in total. The highest BCUT2D eigenvalue weighted by Crippen LogP contribution is 2.31. The number of sulfonamides is 1. The third-order valence-corrected chi connectivity index (χ3v) is 8.65. The lowest BCUT2D eigenvalue weighted by molar-refractivity contribution is -0.116. The maximum atomic E-state index is 13.3. The van der Waals surface area contributed by atoms with Crippen LogP contribution in [-0.2, 0) is 14.8 Å². The van der Waals surface area contributed by atoms with E-state index in [1.54, 1.807) is 22.5 Å². The van der Waals surface area contributed by atoms with Crippen molar-refractivity contribution in [1.29, 1.82) is 0 Å². The average Bonchev–Trinajstić information content (AvgIpc) is 3.13. The number of aromatic nitrogens is 1. The second-order valence-electron chi connectivity index (χ2n) is 9.85. The van der Waals surface area contributed by atoms with E-state index in [4.69, 9.17) is 0 Å². The summed E-state index contributed by atoms with van der Waals surface area (Å²) in [5, 5.41) is 3.44. The molecule has 1 amide bonds. The molecule has 1 aliphatic rings. The topological polar surface area (TPSA) is 79.4 Å². The van der Waals surface area contributed by atoms with Gasteiger partial charge in [0.25, 0.3) is 0 Å². The lowest BCUT2D eigenvalue weighted by Gasteiger charge is -2.25. The van der Waals surface area contributed by atoms with E-state index in [9.17, 15) is 13.2 Å². The molecule has 0 bridgehead atoms. The Morgan fingerprint density at radius 2 is 1.78 bits per heavy atom. The standard InChI is InChI=1S/C24H37N3O3S2/c1-17(2)15-27(16-18(3)4)32(29,30)20-11-12-21-22(14-20)31-24(25-21)26-23(28)13-10-19-8-6-5-7-9-19/h11-12,14,17-19H,5-10,13,15-16H2,1-4H3,(H,25,26,28).